The molecule has 0 amide bonds. The van der Waals surface area contributed by atoms with E-state index in [2.05, 4.69) is 21.9 Å². The lowest BCUT2D eigenvalue weighted by molar-refractivity contribution is -0.0682. The van der Waals surface area contributed by atoms with Crippen molar-refractivity contribution in [2.45, 2.75) is 6.17 Å². The molecule has 0 atom stereocenters. The second-order valence-electron chi connectivity index (χ2n) is 5.41. The molecular weight excluding hydrogens is 268 g/mol. The summed E-state index contributed by atoms with van der Waals surface area (Å²) in [5.41, 5.74) is 1.24. The van der Waals surface area contributed by atoms with Crippen LogP contribution in [0.3, 0.4) is 0 Å². The van der Waals surface area contributed by atoms with Gasteiger partial charge in [0.2, 0.25) is 0 Å². The van der Waals surface area contributed by atoms with Gasteiger partial charge < -0.3 is 14.2 Å². The lowest BCUT2D eigenvalue weighted by atomic mass is 10.1. The van der Waals surface area contributed by atoms with Crippen LogP contribution in [-0.4, -0.2) is 69.5 Å². The number of rotatable bonds is 4. The predicted molar refractivity (Wildman–Crippen MR) is 80.5 cm³/mol. The van der Waals surface area contributed by atoms with Crippen LogP contribution in [0.1, 0.15) is 11.7 Å². The van der Waals surface area contributed by atoms with Gasteiger partial charge in [0.15, 0.2) is 0 Å². The predicted octanol–water partition coefficient (Wildman–Crippen LogP) is 1.36. The number of para-hydroxylation sites is 1. The maximum absolute atomic E-state index is 5.59. The van der Waals surface area contributed by atoms with E-state index >= 15 is 0 Å². The van der Waals surface area contributed by atoms with Crippen molar-refractivity contribution in [2.24, 2.45) is 0 Å². The van der Waals surface area contributed by atoms with Crippen molar-refractivity contribution in [1.82, 2.24) is 9.80 Å². The number of ether oxygens (including phenoxy) is 3. The standard InChI is InChI=1S/C16H24N2O3/c1-19-15-5-3-2-4-14(15)16(17-6-10-20-11-7-17)18-8-12-21-13-9-18/h2-5,16H,6-13H2,1H3. The van der Waals surface area contributed by atoms with Crippen LogP contribution in [0.15, 0.2) is 24.3 Å². The van der Waals surface area contributed by atoms with Crippen LogP contribution in [-0.2, 0) is 9.47 Å². The number of benzene rings is 1. The minimum absolute atomic E-state index is 0.244. The van der Waals surface area contributed by atoms with Crippen LogP contribution < -0.4 is 4.74 Å². The van der Waals surface area contributed by atoms with Gasteiger partial charge in [-0.3, -0.25) is 9.80 Å². The first-order valence-electron chi connectivity index (χ1n) is 7.66. The summed E-state index contributed by atoms with van der Waals surface area (Å²) in [5.74, 6) is 0.959. The summed E-state index contributed by atoms with van der Waals surface area (Å²) in [6.07, 6.45) is 0.244. The topological polar surface area (TPSA) is 34.2 Å². The molecule has 2 aliphatic rings. The van der Waals surface area contributed by atoms with Gasteiger partial charge in [-0.05, 0) is 6.07 Å². The second-order valence-corrected chi connectivity index (χ2v) is 5.41. The highest BCUT2D eigenvalue weighted by atomic mass is 16.5. The van der Waals surface area contributed by atoms with Crippen molar-refractivity contribution in [2.75, 3.05) is 59.7 Å². The molecule has 116 valence electrons. The van der Waals surface area contributed by atoms with E-state index in [0.717, 1.165) is 58.4 Å². The number of hydrogen-bond donors (Lipinski definition) is 0. The Morgan fingerprint density at radius 2 is 1.43 bits per heavy atom. The summed E-state index contributed by atoms with van der Waals surface area (Å²) in [6, 6.07) is 8.33. The van der Waals surface area contributed by atoms with Crippen molar-refractivity contribution < 1.29 is 14.2 Å². The van der Waals surface area contributed by atoms with Crippen molar-refractivity contribution >= 4 is 0 Å². The van der Waals surface area contributed by atoms with Crippen LogP contribution >= 0.6 is 0 Å². The quantitative estimate of drug-likeness (QED) is 0.837. The smallest absolute Gasteiger partial charge is 0.124 e. The van der Waals surface area contributed by atoms with E-state index in [9.17, 15) is 0 Å². The van der Waals surface area contributed by atoms with Crippen molar-refractivity contribution in [3.8, 4) is 5.75 Å². The molecule has 0 unspecified atom stereocenters. The molecule has 1 aromatic carbocycles. The van der Waals surface area contributed by atoms with E-state index in [-0.39, 0.29) is 6.17 Å². The molecule has 0 aromatic heterocycles. The molecule has 2 fully saturated rings. The van der Waals surface area contributed by atoms with Gasteiger partial charge in [0.25, 0.3) is 0 Å². The third kappa shape index (κ3) is 3.37. The molecule has 2 aliphatic heterocycles. The van der Waals surface area contributed by atoms with Gasteiger partial charge in [-0.2, -0.15) is 0 Å². The first kappa shape index (κ1) is 14.8. The Bertz CT molecular complexity index is 425. The van der Waals surface area contributed by atoms with Crippen LogP contribution in [0.4, 0.5) is 0 Å². The van der Waals surface area contributed by atoms with Crippen molar-refractivity contribution in [3.05, 3.63) is 29.8 Å². The van der Waals surface area contributed by atoms with E-state index in [1.165, 1.54) is 5.56 Å². The van der Waals surface area contributed by atoms with Crippen molar-refractivity contribution in [3.63, 3.8) is 0 Å². The average Bonchev–Trinajstić information content (AvgIpc) is 2.58. The summed E-state index contributed by atoms with van der Waals surface area (Å²) in [4.78, 5) is 4.99. The van der Waals surface area contributed by atoms with Crippen LogP contribution in [0.25, 0.3) is 0 Å². The summed E-state index contributed by atoms with van der Waals surface area (Å²) >= 11 is 0. The second kappa shape index (κ2) is 7.22. The zero-order valence-electron chi connectivity index (χ0n) is 12.7. The normalized spacial score (nSPS) is 21.6. The Morgan fingerprint density at radius 1 is 0.905 bits per heavy atom. The molecule has 2 saturated heterocycles. The minimum Gasteiger partial charge on any atom is -0.496 e. The van der Waals surface area contributed by atoms with E-state index in [4.69, 9.17) is 14.2 Å². The maximum Gasteiger partial charge on any atom is 0.124 e. The Balaban J connectivity index is 1.89. The van der Waals surface area contributed by atoms with Gasteiger partial charge in [-0.15, -0.1) is 0 Å². The highest BCUT2D eigenvalue weighted by Gasteiger charge is 2.31. The number of morpholine rings is 2. The maximum atomic E-state index is 5.59. The molecule has 3 rings (SSSR count). The summed E-state index contributed by atoms with van der Waals surface area (Å²) in [6.45, 7) is 7.04. The average molecular weight is 292 g/mol. The van der Waals surface area contributed by atoms with Gasteiger partial charge >= 0.3 is 0 Å². The summed E-state index contributed by atoms with van der Waals surface area (Å²) < 4.78 is 16.6. The summed E-state index contributed by atoms with van der Waals surface area (Å²) in [5, 5.41) is 0. The number of hydrogen-bond acceptors (Lipinski definition) is 5. The lowest BCUT2D eigenvalue weighted by Gasteiger charge is -2.43. The van der Waals surface area contributed by atoms with Crippen LogP contribution in [0, 0.1) is 0 Å². The van der Waals surface area contributed by atoms with E-state index < -0.39 is 0 Å². The Hall–Kier alpha value is -1.14. The molecule has 0 radical (unpaired) electrons. The molecule has 1 aromatic rings. The van der Waals surface area contributed by atoms with E-state index in [1.54, 1.807) is 7.11 Å². The number of methoxy groups -OCH3 is 1. The monoisotopic (exact) mass is 292 g/mol. The third-order valence-electron chi connectivity index (χ3n) is 4.20. The molecule has 0 spiro atoms. The Labute approximate surface area is 126 Å². The summed E-state index contributed by atoms with van der Waals surface area (Å²) in [7, 11) is 1.74. The first-order chi connectivity index (χ1) is 10.4. The largest absolute Gasteiger partial charge is 0.496 e. The van der Waals surface area contributed by atoms with Gasteiger partial charge in [-0.1, -0.05) is 18.2 Å². The van der Waals surface area contributed by atoms with Gasteiger partial charge in [-0.25, -0.2) is 0 Å². The van der Waals surface area contributed by atoms with Crippen LogP contribution in [0.5, 0.6) is 5.75 Å². The zero-order chi connectivity index (χ0) is 14.5. The molecule has 0 bridgehead atoms. The van der Waals surface area contributed by atoms with Crippen LogP contribution in [0.2, 0.25) is 0 Å². The highest BCUT2D eigenvalue weighted by molar-refractivity contribution is 5.35. The highest BCUT2D eigenvalue weighted by Crippen LogP contribution is 2.33. The zero-order valence-corrected chi connectivity index (χ0v) is 12.7. The Kier molecular flexibility index (Phi) is 5.08. The van der Waals surface area contributed by atoms with Gasteiger partial charge in [0, 0.05) is 31.7 Å². The molecule has 5 nitrogen and oxygen atoms in total. The third-order valence-corrected chi connectivity index (χ3v) is 4.20. The van der Waals surface area contributed by atoms with Crippen molar-refractivity contribution in [1.29, 1.82) is 0 Å². The fraction of sp³-hybridized carbons (Fsp3) is 0.625. The van der Waals surface area contributed by atoms with E-state index in [1.807, 2.05) is 12.1 Å². The first-order valence-corrected chi connectivity index (χ1v) is 7.66. The lowest BCUT2D eigenvalue weighted by Crippen LogP contribution is -2.50. The fourth-order valence-electron chi connectivity index (χ4n) is 3.15. The number of nitrogens with zero attached hydrogens (tertiary/aromatic N) is 2. The molecule has 2 heterocycles. The van der Waals surface area contributed by atoms with Gasteiger partial charge in [0.05, 0.1) is 39.7 Å². The molecule has 5 heteroatoms. The SMILES string of the molecule is COc1ccccc1C(N1CCOCC1)N1CCOCC1. The molecule has 21 heavy (non-hydrogen) atoms. The minimum atomic E-state index is 0.244. The Morgan fingerprint density at radius 3 is 1.95 bits per heavy atom. The molecule has 0 N–H and O–H groups in total. The molecule has 0 saturated carbocycles. The molecular formula is C16H24N2O3. The molecule has 0 aliphatic carbocycles. The fourth-order valence-corrected chi connectivity index (χ4v) is 3.15. The van der Waals surface area contributed by atoms with Gasteiger partial charge in [0.1, 0.15) is 5.75 Å². The van der Waals surface area contributed by atoms with E-state index in [0.29, 0.717) is 0 Å².